The number of carbonyl (C=O) groups is 1. The van der Waals surface area contributed by atoms with Crippen molar-refractivity contribution in [3.63, 3.8) is 0 Å². The lowest BCUT2D eigenvalue weighted by Gasteiger charge is -2.12. The van der Waals surface area contributed by atoms with Gasteiger partial charge in [-0.1, -0.05) is 19.1 Å². The van der Waals surface area contributed by atoms with Crippen molar-refractivity contribution >= 4 is 15.9 Å². The number of benzene rings is 2. The van der Waals surface area contributed by atoms with Gasteiger partial charge in [-0.2, -0.15) is 0 Å². The van der Waals surface area contributed by atoms with Gasteiger partial charge in [-0.05, 0) is 55.3 Å². The van der Waals surface area contributed by atoms with Gasteiger partial charge in [0.1, 0.15) is 11.5 Å². The first kappa shape index (κ1) is 21.7. The molecule has 0 bridgehead atoms. The first-order valence-corrected chi connectivity index (χ1v) is 10.5. The van der Waals surface area contributed by atoms with Crippen molar-refractivity contribution in [2.45, 2.75) is 37.8 Å². The van der Waals surface area contributed by atoms with Gasteiger partial charge in [-0.3, -0.25) is 4.79 Å². The van der Waals surface area contributed by atoms with Gasteiger partial charge in [-0.15, -0.1) is 0 Å². The monoisotopic (exact) mass is 406 g/mol. The average molecular weight is 407 g/mol. The van der Waals surface area contributed by atoms with Crippen molar-refractivity contribution < 1.29 is 22.7 Å². The van der Waals surface area contributed by atoms with E-state index in [0.29, 0.717) is 18.7 Å². The van der Waals surface area contributed by atoms with E-state index < -0.39 is 10.0 Å². The summed E-state index contributed by atoms with van der Waals surface area (Å²) >= 11 is 0. The van der Waals surface area contributed by atoms with Crippen LogP contribution in [0.3, 0.4) is 0 Å². The molecule has 0 radical (unpaired) electrons. The van der Waals surface area contributed by atoms with E-state index in [4.69, 9.17) is 9.47 Å². The van der Waals surface area contributed by atoms with Crippen molar-refractivity contribution in [2.24, 2.45) is 0 Å². The molecular weight excluding hydrogens is 380 g/mol. The highest BCUT2D eigenvalue weighted by molar-refractivity contribution is 7.89. The van der Waals surface area contributed by atoms with Gasteiger partial charge >= 0.3 is 0 Å². The third kappa shape index (κ3) is 6.54. The normalized spacial score (nSPS) is 12.2. The lowest BCUT2D eigenvalue weighted by Crippen LogP contribution is -2.32. The zero-order valence-corrected chi connectivity index (χ0v) is 17.1. The fourth-order valence-electron chi connectivity index (χ4n) is 2.28. The predicted octanol–water partition coefficient (Wildman–Crippen LogP) is 2.47. The number of amides is 1. The summed E-state index contributed by atoms with van der Waals surface area (Å²) in [7, 11) is -1.96. The molecule has 1 atom stereocenters. The molecule has 2 aromatic carbocycles. The van der Waals surface area contributed by atoms with Gasteiger partial charge in [0, 0.05) is 12.6 Å². The molecule has 0 unspecified atom stereocenters. The van der Waals surface area contributed by atoms with Gasteiger partial charge in [0.15, 0.2) is 6.61 Å². The Bertz CT molecular complexity index is 864. The summed E-state index contributed by atoms with van der Waals surface area (Å²) in [5.74, 6) is 0.899. The van der Waals surface area contributed by atoms with E-state index in [1.54, 1.807) is 14.0 Å². The minimum atomic E-state index is -3.56. The molecule has 2 aromatic rings. The topological polar surface area (TPSA) is 93.7 Å². The number of carbonyl (C=O) groups excluding carboxylic acids is 1. The molecule has 0 saturated carbocycles. The second-order valence-corrected chi connectivity index (χ2v) is 8.03. The fourth-order valence-corrected chi connectivity index (χ4v) is 3.60. The highest BCUT2D eigenvalue weighted by Gasteiger charge is 2.16. The number of hydrogen-bond donors (Lipinski definition) is 2. The Morgan fingerprint density at radius 2 is 1.64 bits per heavy atom. The SMILES string of the molecule is CC[C@@H](C)NS(=O)(=O)c1ccc(OCC(=O)NCc2ccc(OC)cc2)cc1. The molecule has 0 fully saturated rings. The summed E-state index contributed by atoms with van der Waals surface area (Å²) in [5, 5.41) is 2.76. The van der Waals surface area contributed by atoms with Crippen LogP contribution >= 0.6 is 0 Å². The molecule has 7 nitrogen and oxygen atoms in total. The average Bonchev–Trinajstić information content (AvgIpc) is 2.71. The third-order valence-electron chi connectivity index (χ3n) is 4.12. The van der Waals surface area contributed by atoms with Crippen LogP contribution in [-0.4, -0.2) is 34.1 Å². The van der Waals surface area contributed by atoms with Crippen LogP contribution in [0.25, 0.3) is 0 Å². The number of nitrogens with one attached hydrogen (secondary N) is 2. The molecule has 28 heavy (non-hydrogen) atoms. The summed E-state index contributed by atoms with van der Waals surface area (Å²) in [6.45, 7) is 3.93. The number of sulfonamides is 1. The van der Waals surface area contributed by atoms with Gasteiger partial charge in [0.25, 0.3) is 5.91 Å². The molecule has 2 N–H and O–H groups in total. The van der Waals surface area contributed by atoms with Gasteiger partial charge < -0.3 is 14.8 Å². The van der Waals surface area contributed by atoms with E-state index in [1.807, 2.05) is 31.2 Å². The molecule has 2 rings (SSSR count). The van der Waals surface area contributed by atoms with E-state index in [2.05, 4.69) is 10.0 Å². The maximum Gasteiger partial charge on any atom is 0.258 e. The molecule has 1 amide bonds. The fraction of sp³-hybridized carbons (Fsp3) is 0.350. The molecular formula is C20H26N2O5S. The van der Waals surface area contributed by atoms with Crippen LogP contribution in [0.2, 0.25) is 0 Å². The third-order valence-corrected chi connectivity index (χ3v) is 5.73. The zero-order valence-electron chi connectivity index (χ0n) is 16.3. The predicted molar refractivity (Wildman–Crippen MR) is 107 cm³/mol. The number of ether oxygens (including phenoxy) is 2. The largest absolute Gasteiger partial charge is 0.497 e. The number of rotatable bonds is 10. The van der Waals surface area contributed by atoms with Crippen molar-refractivity contribution in [1.82, 2.24) is 10.0 Å². The maximum atomic E-state index is 12.2. The quantitative estimate of drug-likeness (QED) is 0.632. The Morgan fingerprint density at radius 1 is 1.04 bits per heavy atom. The summed E-state index contributed by atoms with van der Waals surface area (Å²) < 4.78 is 37.5. The Balaban J connectivity index is 1.82. The molecule has 8 heteroatoms. The Morgan fingerprint density at radius 3 is 2.21 bits per heavy atom. The smallest absolute Gasteiger partial charge is 0.258 e. The van der Waals surface area contributed by atoms with E-state index >= 15 is 0 Å². The van der Waals surface area contributed by atoms with E-state index in [1.165, 1.54) is 24.3 Å². The standard InChI is InChI=1S/C20H26N2O5S/c1-4-15(2)22-28(24,25)19-11-9-18(10-12-19)27-14-20(23)21-13-16-5-7-17(26-3)8-6-16/h5-12,15,22H,4,13-14H2,1-3H3,(H,21,23)/t15-/m1/s1. The van der Waals surface area contributed by atoms with Gasteiger partial charge in [0.2, 0.25) is 10.0 Å². The van der Waals surface area contributed by atoms with Crippen LogP contribution in [0.4, 0.5) is 0 Å². The van der Waals surface area contributed by atoms with Crippen LogP contribution in [0, 0.1) is 0 Å². The van der Waals surface area contributed by atoms with Crippen LogP contribution in [0.1, 0.15) is 25.8 Å². The van der Waals surface area contributed by atoms with Gasteiger partial charge in [-0.25, -0.2) is 13.1 Å². The van der Waals surface area contributed by atoms with Crippen molar-refractivity contribution in [1.29, 1.82) is 0 Å². The summed E-state index contributed by atoms with van der Waals surface area (Å²) in [6.07, 6.45) is 0.700. The molecule has 152 valence electrons. The summed E-state index contributed by atoms with van der Waals surface area (Å²) in [5.41, 5.74) is 0.942. The van der Waals surface area contributed by atoms with Crippen LogP contribution in [-0.2, 0) is 21.4 Å². The molecule has 0 aromatic heterocycles. The molecule has 0 aliphatic rings. The lowest BCUT2D eigenvalue weighted by molar-refractivity contribution is -0.123. The van der Waals surface area contributed by atoms with Crippen LogP contribution in [0.15, 0.2) is 53.4 Å². The van der Waals surface area contributed by atoms with Crippen LogP contribution in [0.5, 0.6) is 11.5 Å². The molecule has 0 aliphatic heterocycles. The summed E-state index contributed by atoms with van der Waals surface area (Å²) in [4.78, 5) is 12.1. The molecule has 0 heterocycles. The second kappa shape index (κ2) is 10.1. The Kier molecular flexibility index (Phi) is 7.83. The number of methoxy groups -OCH3 is 1. The molecule has 0 saturated heterocycles. The molecule has 0 aliphatic carbocycles. The highest BCUT2D eigenvalue weighted by Crippen LogP contribution is 2.16. The van der Waals surface area contributed by atoms with Crippen molar-refractivity contribution in [3.05, 3.63) is 54.1 Å². The van der Waals surface area contributed by atoms with E-state index in [0.717, 1.165) is 11.3 Å². The maximum absolute atomic E-state index is 12.2. The van der Waals surface area contributed by atoms with Gasteiger partial charge in [0.05, 0.1) is 12.0 Å². The van der Waals surface area contributed by atoms with E-state index in [9.17, 15) is 13.2 Å². The Hall–Kier alpha value is -2.58. The molecule has 0 spiro atoms. The van der Waals surface area contributed by atoms with Crippen molar-refractivity contribution in [2.75, 3.05) is 13.7 Å². The lowest BCUT2D eigenvalue weighted by atomic mass is 10.2. The highest BCUT2D eigenvalue weighted by atomic mass is 32.2. The summed E-state index contributed by atoms with van der Waals surface area (Å²) in [6, 6.07) is 13.2. The first-order chi connectivity index (χ1) is 13.3. The van der Waals surface area contributed by atoms with Crippen molar-refractivity contribution in [3.8, 4) is 11.5 Å². The first-order valence-electron chi connectivity index (χ1n) is 8.99. The minimum absolute atomic E-state index is 0.143. The van der Waals surface area contributed by atoms with E-state index in [-0.39, 0.29) is 23.5 Å². The number of hydrogen-bond acceptors (Lipinski definition) is 5. The van der Waals surface area contributed by atoms with Crippen LogP contribution < -0.4 is 19.5 Å². The Labute approximate surface area is 166 Å². The second-order valence-electron chi connectivity index (χ2n) is 6.32. The minimum Gasteiger partial charge on any atom is -0.497 e. The zero-order chi connectivity index (χ0) is 20.6.